The van der Waals surface area contributed by atoms with Crippen molar-refractivity contribution in [2.45, 2.75) is 20.0 Å². The maximum absolute atomic E-state index is 4.59. The van der Waals surface area contributed by atoms with Crippen molar-refractivity contribution in [1.82, 2.24) is 25.2 Å². The molecule has 0 fully saturated rings. The second kappa shape index (κ2) is 9.36. The number of hydrogen-bond donors (Lipinski definition) is 2. The van der Waals surface area contributed by atoms with E-state index in [-0.39, 0.29) is 24.0 Å². The average Bonchev–Trinajstić information content (AvgIpc) is 2.94. The van der Waals surface area contributed by atoms with Crippen LogP contribution in [0.4, 0.5) is 0 Å². The summed E-state index contributed by atoms with van der Waals surface area (Å²) in [5.74, 6) is 1.79. The van der Waals surface area contributed by atoms with Gasteiger partial charge in [0.25, 0.3) is 0 Å². The Bertz CT molecular complexity index is 828. The first-order valence-electron chi connectivity index (χ1n) is 8.04. The van der Waals surface area contributed by atoms with Crippen LogP contribution in [0.5, 0.6) is 0 Å². The highest BCUT2D eigenvalue weighted by atomic mass is 127. The number of halogens is 1. The molecule has 2 N–H and O–H groups in total. The zero-order valence-electron chi connectivity index (χ0n) is 14.4. The van der Waals surface area contributed by atoms with Gasteiger partial charge in [-0.05, 0) is 31.2 Å². The minimum Gasteiger partial charge on any atom is -0.355 e. The quantitative estimate of drug-likeness (QED) is 0.357. The van der Waals surface area contributed by atoms with Crippen molar-refractivity contribution in [2.24, 2.45) is 4.99 Å². The molecule has 0 aliphatic carbocycles. The van der Waals surface area contributed by atoms with Gasteiger partial charge in [-0.2, -0.15) is 0 Å². The number of guanidine groups is 1. The van der Waals surface area contributed by atoms with Crippen LogP contribution in [0.25, 0.3) is 11.0 Å². The van der Waals surface area contributed by atoms with Gasteiger partial charge in [-0.15, -0.1) is 24.0 Å². The van der Waals surface area contributed by atoms with Gasteiger partial charge in [-0.3, -0.25) is 9.98 Å². The normalized spacial score (nSPS) is 11.2. The van der Waals surface area contributed by atoms with Crippen LogP contribution in [0.3, 0.4) is 0 Å². The highest BCUT2D eigenvalue weighted by Crippen LogP contribution is 2.14. The number of benzene rings is 1. The molecule has 0 bridgehead atoms. The Hall–Kier alpha value is -2.16. The molecule has 0 aliphatic heterocycles. The molecule has 6 nitrogen and oxygen atoms in total. The van der Waals surface area contributed by atoms with Crippen molar-refractivity contribution >= 4 is 41.0 Å². The first kappa shape index (κ1) is 19.2. The van der Waals surface area contributed by atoms with Crippen molar-refractivity contribution in [1.29, 1.82) is 0 Å². The topological polar surface area (TPSA) is 67.1 Å². The second-order valence-electron chi connectivity index (χ2n) is 5.47. The van der Waals surface area contributed by atoms with Gasteiger partial charge in [0.2, 0.25) is 0 Å². The Morgan fingerprint density at radius 3 is 2.68 bits per heavy atom. The lowest BCUT2D eigenvalue weighted by Crippen LogP contribution is -2.38. The summed E-state index contributed by atoms with van der Waals surface area (Å²) in [6.07, 6.45) is 1.79. The summed E-state index contributed by atoms with van der Waals surface area (Å²) in [5, 5.41) is 6.60. The predicted molar refractivity (Wildman–Crippen MR) is 112 cm³/mol. The molecule has 0 atom stereocenters. The maximum atomic E-state index is 4.59. The summed E-state index contributed by atoms with van der Waals surface area (Å²) in [6, 6.07) is 14.1. The zero-order chi connectivity index (χ0) is 16.8. The number of imidazole rings is 1. The van der Waals surface area contributed by atoms with E-state index < -0.39 is 0 Å². The van der Waals surface area contributed by atoms with Gasteiger partial charge in [0.05, 0.1) is 23.3 Å². The lowest BCUT2D eigenvalue weighted by Gasteiger charge is -2.13. The van der Waals surface area contributed by atoms with Crippen LogP contribution in [0.2, 0.25) is 0 Å². The van der Waals surface area contributed by atoms with Crippen LogP contribution in [-0.2, 0) is 13.1 Å². The van der Waals surface area contributed by atoms with E-state index in [1.165, 1.54) is 0 Å². The molecule has 7 heteroatoms. The number of aromatic nitrogens is 3. The highest BCUT2D eigenvalue weighted by molar-refractivity contribution is 14.0. The molecule has 0 saturated heterocycles. The monoisotopic (exact) mass is 450 g/mol. The molecule has 0 unspecified atom stereocenters. The summed E-state index contributed by atoms with van der Waals surface area (Å²) in [7, 11) is 1.77. The molecule has 0 saturated carbocycles. The third-order valence-electron chi connectivity index (χ3n) is 3.86. The van der Waals surface area contributed by atoms with E-state index >= 15 is 0 Å². The Morgan fingerprint density at radius 2 is 1.92 bits per heavy atom. The molecule has 1 aromatic carbocycles. The van der Waals surface area contributed by atoms with Crippen LogP contribution in [-0.4, -0.2) is 34.1 Å². The van der Waals surface area contributed by atoms with Crippen molar-refractivity contribution in [3.63, 3.8) is 0 Å². The number of nitrogens with one attached hydrogen (secondary N) is 2. The van der Waals surface area contributed by atoms with Gasteiger partial charge in [0.1, 0.15) is 5.82 Å². The number of pyridine rings is 1. The molecular formula is C18H23IN6. The minimum atomic E-state index is 0. The molecule has 132 valence electrons. The number of aryl methyl sites for hydroxylation is 1. The standard InChI is InChI=1S/C18H22N6.HI/c1-14-23-16-8-3-4-9-17(16)24(14)12-11-21-18(19-2)22-13-15-7-5-6-10-20-15;/h3-10H,11-13H2,1-2H3,(H2,19,21,22);1H. The third kappa shape index (κ3) is 4.91. The Kier molecular flexibility index (Phi) is 7.17. The number of aliphatic imine (C=N–C) groups is 1. The van der Waals surface area contributed by atoms with Gasteiger partial charge in [-0.25, -0.2) is 4.98 Å². The van der Waals surface area contributed by atoms with E-state index in [2.05, 4.69) is 36.2 Å². The van der Waals surface area contributed by atoms with Crippen molar-refractivity contribution in [2.75, 3.05) is 13.6 Å². The minimum absolute atomic E-state index is 0. The van der Waals surface area contributed by atoms with Gasteiger partial charge in [0.15, 0.2) is 5.96 Å². The largest absolute Gasteiger partial charge is 0.355 e. The molecule has 0 spiro atoms. The summed E-state index contributed by atoms with van der Waals surface area (Å²) in [5.41, 5.74) is 3.18. The third-order valence-corrected chi connectivity index (χ3v) is 3.86. The van der Waals surface area contributed by atoms with E-state index in [0.717, 1.165) is 41.6 Å². The van der Waals surface area contributed by atoms with Gasteiger partial charge < -0.3 is 15.2 Å². The number of fused-ring (bicyclic) bond motifs is 1. The van der Waals surface area contributed by atoms with Crippen LogP contribution in [0, 0.1) is 6.92 Å². The molecular weight excluding hydrogens is 427 g/mol. The fourth-order valence-corrected chi connectivity index (χ4v) is 2.66. The van der Waals surface area contributed by atoms with Crippen molar-refractivity contribution in [3.05, 3.63) is 60.2 Å². The SMILES string of the molecule is CN=C(NCCn1c(C)nc2ccccc21)NCc1ccccn1.I. The molecule has 0 radical (unpaired) electrons. The first-order chi connectivity index (χ1) is 11.8. The lowest BCUT2D eigenvalue weighted by atomic mass is 10.3. The summed E-state index contributed by atoms with van der Waals surface area (Å²) in [6.45, 7) is 4.28. The Labute approximate surface area is 164 Å². The number of para-hydroxylation sites is 2. The fraction of sp³-hybridized carbons (Fsp3) is 0.278. The zero-order valence-corrected chi connectivity index (χ0v) is 16.8. The molecule has 25 heavy (non-hydrogen) atoms. The van der Waals surface area contributed by atoms with Gasteiger partial charge >= 0.3 is 0 Å². The predicted octanol–water partition coefficient (Wildman–Crippen LogP) is 2.72. The second-order valence-corrected chi connectivity index (χ2v) is 5.47. The summed E-state index contributed by atoms with van der Waals surface area (Å²) >= 11 is 0. The van der Waals surface area contributed by atoms with E-state index in [1.807, 2.05) is 43.3 Å². The fourth-order valence-electron chi connectivity index (χ4n) is 2.66. The average molecular weight is 450 g/mol. The van der Waals surface area contributed by atoms with Crippen LogP contribution < -0.4 is 10.6 Å². The molecule has 0 amide bonds. The first-order valence-corrected chi connectivity index (χ1v) is 8.04. The van der Waals surface area contributed by atoms with E-state index in [9.17, 15) is 0 Å². The van der Waals surface area contributed by atoms with Gasteiger partial charge in [0, 0.05) is 26.3 Å². The van der Waals surface area contributed by atoms with Crippen molar-refractivity contribution < 1.29 is 0 Å². The molecule has 0 aliphatic rings. The van der Waals surface area contributed by atoms with Crippen molar-refractivity contribution in [3.8, 4) is 0 Å². The number of nitrogens with zero attached hydrogens (tertiary/aromatic N) is 4. The van der Waals surface area contributed by atoms with Crippen LogP contribution >= 0.6 is 24.0 Å². The summed E-state index contributed by atoms with van der Waals surface area (Å²) in [4.78, 5) is 13.1. The van der Waals surface area contributed by atoms with Crippen LogP contribution in [0.1, 0.15) is 11.5 Å². The van der Waals surface area contributed by atoms with E-state index in [4.69, 9.17) is 0 Å². The molecule has 2 aromatic heterocycles. The van der Waals surface area contributed by atoms with E-state index in [0.29, 0.717) is 6.54 Å². The highest BCUT2D eigenvalue weighted by Gasteiger charge is 2.06. The van der Waals surface area contributed by atoms with Gasteiger partial charge in [-0.1, -0.05) is 18.2 Å². The van der Waals surface area contributed by atoms with E-state index in [1.54, 1.807) is 13.2 Å². The molecule has 3 aromatic rings. The number of hydrogen-bond acceptors (Lipinski definition) is 3. The molecule has 2 heterocycles. The number of rotatable bonds is 5. The van der Waals surface area contributed by atoms with Crippen LogP contribution in [0.15, 0.2) is 53.7 Å². The maximum Gasteiger partial charge on any atom is 0.191 e. The molecule has 3 rings (SSSR count). The smallest absolute Gasteiger partial charge is 0.191 e. The lowest BCUT2D eigenvalue weighted by molar-refractivity contribution is 0.659. The Balaban J connectivity index is 0.00000225. The Morgan fingerprint density at radius 1 is 1.12 bits per heavy atom. The summed E-state index contributed by atoms with van der Waals surface area (Å²) < 4.78 is 2.22.